The molecule has 0 aliphatic carbocycles. The second-order valence-electron chi connectivity index (χ2n) is 3.58. The van der Waals surface area contributed by atoms with E-state index < -0.39 is 0 Å². The minimum atomic E-state index is 0.271. The fourth-order valence-corrected chi connectivity index (χ4v) is 2.18. The van der Waals surface area contributed by atoms with Crippen molar-refractivity contribution in [1.29, 1.82) is 0 Å². The molecule has 4 heteroatoms. The topological polar surface area (TPSA) is 48.9 Å². The van der Waals surface area contributed by atoms with E-state index in [1.807, 2.05) is 13.8 Å². The standard InChI is InChI=1S/C10H11BrN2O/c1-5(2)8-7(14)4-3-6-9(8)10(11)13-12-6/h3-5,14H,1-2H3,(H,12,13). The van der Waals surface area contributed by atoms with Crippen LogP contribution < -0.4 is 0 Å². The maximum Gasteiger partial charge on any atom is 0.119 e. The van der Waals surface area contributed by atoms with E-state index in [2.05, 4.69) is 26.1 Å². The van der Waals surface area contributed by atoms with E-state index in [0.29, 0.717) is 5.75 Å². The monoisotopic (exact) mass is 254 g/mol. The van der Waals surface area contributed by atoms with E-state index in [-0.39, 0.29) is 5.92 Å². The van der Waals surface area contributed by atoms with Gasteiger partial charge in [-0.3, -0.25) is 5.10 Å². The maximum atomic E-state index is 9.76. The van der Waals surface area contributed by atoms with Gasteiger partial charge in [-0.15, -0.1) is 0 Å². The Kier molecular flexibility index (Phi) is 2.23. The van der Waals surface area contributed by atoms with Crippen molar-refractivity contribution >= 4 is 26.8 Å². The fraction of sp³-hybridized carbons (Fsp3) is 0.300. The first kappa shape index (κ1) is 9.52. The lowest BCUT2D eigenvalue weighted by Gasteiger charge is -2.09. The molecule has 0 spiro atoms. The number of hydrogen-bond acceptors (Lipinski definition) is 2. The van der Waals surface area contributed by atoms with Crippen LogP contribution in [0.25, 0.3) is 10.9 Å². The number of H-pyrrole nitrogens is 1. The lowest BCUT2D eigenvalue weighted by atomic mass is 9.98. The number of phenolic OH excluding ortho intramolecular Hbond substituents is 1. The minimum Gasteiger partial charge on any atom is -0.508 e. The number of rotatable bonds is 1. The average molecular weight is 255 g/mol. The molecule has 0 saturated heterocycles. The molecular weight excluding hydrogens is 244 g/mol. The molecule has 1 aromatic carbocycles. The molecule has 0 radical (unpaired) electrons. The summed E-state index contributed by atoms with van der Waals surface area (Å²) in [4.78, 5) is 0. The molecule has 1 heterocycles. The number of fused-ring (bicyclic) bond motifs is 1. The van der Waals surface area contributed by atoms with E-state index in [9.17, 15) is 5.11 Å². The lowest BCUT2D eigenvalue weighted by Crippen LogP contribution is -1.89. The molecule has 2 rings (SSSR count). The van der Waals surface area contributed by atoms with Gasteiger partial charge in [0.1, 0.15) is 10.4 Å². The second kappa shape index (κ2) is 3.28. The highest BCUT2D eigenvalue weighted by atomic mass is 79.9. The van der Waals surface area contributed by atoms with E-state index in [1.165, 1.54) is 0 Å². The lowest BCUT2D eigenvalue weighted by molar-refractivity contribution is 0.466. The van der Waals surface area contributed by atoms with Crippen molar-refractivity contribution in [2.45, 2.75) is 19.8 Å². The molecule has 0 unspecified atom stereocenters. The van der Waals surface area contributed by atoms with Crippen LogP contribution in [0.5, 0.6) is 5.75 Å². The molecule has 2 aromatic rings. The Morgan fingerprint density at radius 2 is 2.14 bits per heavy atom. The molecule has 74 valence electrons. The number of benzene rings is 1. The Labute approximate surface area is 90.3 Å². The molecule has 14 heavy (non-hydrogen) atoms. The molecule has 0 fully saturated rings. The molecule has 0 saturated carbocycles. The largest absolute Gasteiger partial charge is 0.508 e. The van der Waals surface area contributed by atoms with Crippen LogP contribution in [0.3, 0.4) is 0 Å². The zero-order valence-electron chi connectivity index (χ0n) is 8.00. The molecule has 0 atom stereocenters. The van der Waals surface area contributed by atoms with Gasteiger partial charge >= 0.3 is 0 Å². The van der Waals surface area contributed by atoms with Crippen molar-refractivity contribution in [2.24, 2.45) is 0 Å². The highest BCUT2D eigenvalue weighted by Crippen LogP contribution is 2.35. The van der Waals surface area contributed by atoms with Crippen LogP contribution in [-0.2, 0) is 0 Å². The Balaban J connectivity index is 2.87. The Morgan fingerprint density at radius 1 is 1.43 bits per heavy atom. The summed E-state index contributed by atoms with van der Waals surface area (Å²) in [6.45, 7) is 4.10. The zero-order chi connectivity index (χ0) is 10.3. The van der Waals surface area contributed by atoms with Crippen molar-refractivity contribution in [3.63, 3.8) is 0 Å². The van der Waals surface area contributed by atoms with Crippen LogP contribution in [0.1, 0.15) is 25.3 Å². The molecule has 0 amide bonds. The first-order chi connectivity index (χ1) is 6.61. The van der Waals surface area contributed by atoms with Gasteiger partial charge in [0, 0.05) is 10.9 Å². The predicted octanol–water partition coefficient (Wildman–Crippen LogP) is 3.15. The normalized spacial score (nSPS) is 11.4. The highest BCUT2D eigenvalue weighted by Gasteiger charge is 2.14. The summed E-state index contributed by atoms with van der Waals surface area (Å²) >= 11 is 3.39. The SMILES string of the molecule is CC(C)c1c(O)ccc2n[nH]c(Br)c12. The molecule has 2 N–H and O–H groups in total. The van der Waals surface area contributed by atoms with Crippen molar-refractivity contribution < 1.29 is 5.11 Å². The van der Waals surface area contributed by atoms with Gasteiger partial charge in [0.2, 0.25) is 0 Å². The van der Waals surface area contributed by atoms with Crippen LogP contribution in [0.15, 0.2) is 16.7 Å². The number of nitrogens with zero attached hydrogens (tertiary/aromatic N) is 1. The molecule has 1 aromatic heterocycles. The van der Waals surface area contributed by atoms with Crippen molar-refractivity contribution in [3.8, 4) is 5.75 Å². The number of phenols is 1. The molecule has 3 nitrogen and oxygen atoms in total. The maximum absolute atomic E-state index is 9.76. The van der Waals surface area contributed by atoms with Gasteiger partial charge < -0.3 is 5.11 Å². The van der Waals surface area contributed by atoms with Crippen LogP contribution in [0, 0.1) is 0 Å². The van der Waals surface area contributed by atoms with Gasteiger partial charge in [-0.1, -0.05) is 13.8 Å². The van der Waals surface area contributed by atoms with E-state index in [0.717, 1.165) is 21.1 Å². The third kappa shape index (κ3) is 1.30. The summed E-state index contributed by atoms with van der Waals surface area (Å²) in [6.07, 6.45) is 0. The third-order valence-corrected chi connectivity index (χ3v) is 2.85. The quantitative estimate of drug-likeness (QED) is 0.822. The molecular formula is C10H11BrN2O. The number of nitrogens with one attached hydrogen (secondary N) is 1. The number of aromatic amines is 1. The summed E-state index contributed by atoms with van der Waals surface area (Å²) in [5, 5.41) is 17.7. The van der Waals surface area contributed by atoms with E-state index in [1.54, 1.807) is 12.1 Å². The minimum absolute atomic E-state index is 0.271. The van der Waals surface area contributed by atoms with Gasteiger partial charge in [0.05, 0.1) is 5.52 Å². The van der Waals surface area contributed by atoms with Crippen LogP contribution in [0.2, 0.25) is 0 Å². The van der Waals surface area contributed by atoms with Crippen LogP contribution in [0.4, 0.5) is 0 Å². The Bertz CT molecular complexity index is 476. The van der Waals surface area contributed by atoms with Gasteiger partial charge in [-0.2, -0.15) is 5.10 Å². The summed E-state index contributed by atoms with van der Waals surface area (Å²) < 4.78 is 0.826. The number of halogens is 1. The third-order valence-electron chi connectivity index (χ3n) is 2.27. The van der Waals surface area contributed by atoms with E-state index in [4.69, 9.17) is 0 Å². The summed E-state index contributed by atoms with van der Waals surface area (Å²) in [5.41, 5.74) is 1.81. The highest BCUT2D eigenvalue weighted by molar-refractivity contribution is 9.10. The average Bonchev–Trinajstić information content (AvgIpc) is 2.47. The zero-order valence-corrected chi connectivity index (χ0v) is 9.59. The second-order valence-corrected chi connectivity index (χ2v) is 4.38. The molecule has 0 aliphatic rings. The van der Waals surface area contributed by atoms with Gasteiger partial charge in [-0.05, 0) is 34.0 Å². The predicted molar refractivity (Wildman–Crippen MR) is 59.5 cm³/mol. The number of hydrogen-bond donors (Lipinski definition) is 2. The Hall–Kier alpha value is -1.03. The first-order valence-electron chi connectivity index (χ1n) is 4.46. The summed E-state index contributed by atoms with van der Waals surface area (Å²) in [6, 6.07) is 3.49. The van der Waals surface area contributed by atoms with Crippen LogP contribution in [-0.4, -0.2) is 15.3 Å². The Morgan fingerprint density at radius 3 is 2.79 bits per heavy atom. The smallest absolute Gasteiger partial charge is 0.119 e. The van der Waals surface area contributed by atoms with E-state index >= 15 is 0 Å². The van der Waals surface area contributed by atoms with Crippen molar-refractivity contribution in [1.82, 2.24) is 10.2 Å². The van der Waals surface area contributed by atoms with Gasteiger partial charge in [-0.25, -0.2) is 0 Å². The molecule has 0 bridgehead atoms. The number of aromatic hydroxyl groups is 1. The van der Waals surface area contributed by atoms with Crippen molar-refractivity contribution in [3.05, 3.63) is 22.3 Å². The fourth-order valence-electron chi connectivity index (χ4n) is 1.67. The van der Waals surface area contributed by atoms with Crippen molar-refractivity contribution in [2.75, 3.05) is 0 Å². The van der Waals surface area contributed by atoms with Gasteiger partial charge in [0.15, 0.2) is 0 Å². The first-order valence-corrected chi connectivity index (χ1v) is 5.26. The van der Waals surface area contributed by atoms with Gasteiger partial charge in [0.25, 0.3) is 0 Å². The summed E-state index contributed by atoms with van der Waals surface area (Å²) in [5.74, 6) is 0.599. The summed E-state index contributed by atoms with van der Waals surface area (Å²) in [7, 11) is 0. The molecule has 0 aliphatic heterocycles. The number of aromatic nitrogens is 2. The van der Waals surface area contributed by atoms with Crippen LogP contribution >= 0.6 is 15.9 Å².